The van der Waals surface area contributed by atoms with E-state index in [2.05, 4.69) is 0 Å². The van der Waals surface area contributed by atoms with Crippen molar-refractivity contribution >= 4 is 5.78 Å². The average molecular weight is 142 g/mol. The molecular formula is C7H10O3. The molecule has 0 aromatic rings. The molecule has 10 heavy (non-hydrogen) atoms. The van der Waals surface area contributed by atoms with Crippen LogP contribution in [0.4, 0.5) is 0 Å². The first-order chi connectivity index (χ1) is 4.66. The van der Waals surface area contributed by atoms with Crippen LogP contribution in [0.3, 0.4) is 0 Å². The minimum absolute atomic E-state index is 0.0972. The molecule has 0 amide bonds. The minimum Gasteiger partial charge on any atom is -0.481 e. The van der Waals surface area contributed by atoms with E-state index in [4.69, 9.17) is 9.84 Å². The first-order valence-corrected chi connectivity index (χ1v) is 3.29. The van der Waals surface area contributed by atoms with Gasteiger partial charge in [0.25, 0.3) is 5.95 Å². The quantitative estimate of drug-likeness (QED) is 0.597. The summed E-state index contributed by atoms with van der Waals surface area (Å²) in [4.78, 5) is 11.0. The summed E-state index contributed by atoms with van der Waals surface area (Å²) in [6.45, 7) is 3.44. The molecule has 1 atom stereocenters. The lowest BCUT2D eigenvalue weighted by atomic mass is 10.1. The van der Waals surface area contributed by atoms with E-state index < -0.39 is 6.10 Å². The second-order valence-corrected chi connectivity index (χ2v) is 2.26. The number of Topliss-reactive ketones (excluding diaryl/α,β-unsaturated/α-hetero) is 1. The van der Waals surface area contributed by atoms with E-state index in [-0.39, 0.29) is 11.7 Å². The smallest absolute Gasteiger partial charge is 0.284 e. The summed E-state index contributed by atoms with van der Waals surface area (Å²) < 4.78 is 4.76. The maximum Gasteiger partial charge on any atom is 0.284 e. The van der Waals surface area contributed by atoms with Crippen LogP contribution >= 0.6 is 0 Å². The molecular weight excluding hydrogens is 132 g/mol. The Morgan fingerprint density at radius 3 is 2.50 bits per heavy atom. The first kappa shape index (κ1) is 7.12. The molecule has 1 N–H and O–H groups in total. The van der Waals surface area contributed by atoms with Crippen LogP contribution in [-0.2, 0) is 9.53 Å². The van der Waals surface area contributed by atoms with Crippen LogP contribution in [-0.4, -0.2) is 17.0 Å². The van der Waals surface area contributed by atoms with Crippen molar-refractivity contribution in [3.8, 4) is 0 Å². The highest BCUT2D eigenvalue weighted by atomic mass is 16.6. The lowest BCUT2D eigenvalue weighted by molar-refractivity contribution is -0.121. The van der Waals surface area contributed by atoms with Crippen molar-refractivity contribution in [1.29, 1.82) is 0 Å². The van der Waals surface area contributed by atoms with Gasteiger partial charge in [0.15, 0.2) is 6.10 Å². The SMILES string of the molecule is CCC1=C(O)OC(C)C1=O. The van der Waals surface area contributed by atoms with Crippen LogP contribution in [0, 0.1) is 0 Å². The summed E-state index contributed by atoms with van der Waals surface area (Å²) in [5, 5.41) is 8.97. The highest BCUT2D eigenvalue weighted by Crippen LogP contribution is 2.21. The Labute approximate surface area is 59.3 Å². The monoisotopic (exact) mass is 142 g/mol. The number of carbonyl (C=O) groups is 1. The third-order valence-electron chi connectivity index (χ3n) is 1.57. The molecule has 0 saturated heterocycles. The number of hydrogen-bond donors (Lipinski definition) is 1. The molecule has 1 unspecified atom stereocenters. The Bertz CT molecular complexity index is 193. The summed E-state index contributed by atoms with van der Waals surface area (Å²) >= 11 is 0. The van der Waals surface area contributed by atoms with E-state index in [0.29, 0.717) is 12.0 Å². The average Bonchev–Trinajstić information content (AvgIpc) is 2.09. The number of aliphatic hydroxyl groups excluding tert-OH is 1. The summed E-state index contributed by atoms with van der Waals surface area (Å²) in [7, 11) is 0. The number of hydrogen-bond acceptors (Lipinski definition) is 3. The molecule has 56 valence electrons. The molecule has 0 aromatic carbocycles. The van der Waals surface area contributed by atoms with E-state index in [1.165, 1.54) is 0 Å². The maximum atomic E-state index is 11.0. The van der Waals surface area contributed by atoms with Gasteiger partial charge in [0.05, 0.1) is 5.57 Å². The third kappa shape index (κ3) is 0.875. The number of rotatable bonds is 1. The van der Waals surface area contributed by atoms with Crippen LogP contribution in [0.5, 0.6) is 0 Å². The van der Waals surface area contributed by atoms with Gasteiger partial charge < -0.3 is 9.84 Å². The molecule has 0 bridgehead atoms. The Balaban J connectivity index is 2.85. The molecule has 1 heterocycles. The van der Waals surface area contributed by atoms with Gasteiger partial charge in [-0.05, 0) is 13.3 Å². The lowest BCUT2D eigenvalue weighted by Gasteiger charge is -1.98. The molecule has 3 heteroatoms. The summed E-state index contributed by atoms with van der Waals surface area (Å²) in [5.74, 6) is -0.292. The zero-order valence-corrected chi connectivity index (χ0v) is 6.05. The third-order valence-corrected chi connectivity index (χ3v) is 1.57. The van der Waals surface area contributed by atoms with E-state index in [0.717, 1.165) is 0 Å². The molecule has 0 spiro atoms. The summed E-state index contributed by atoms with van der Waals surface area (Å²) in [5.41, 5.74) is 0.410. The molecule has 0 aromatic heterocycles. The largest absolute Gasteiger partial charge is 0.481 e. The van der Waals surface area contributed by atoms with Crippen molar-refractivity contribution in [2.45, 2.75) is 26.4 Å². The molecule has 0 saturated carbocycles. The Hall–Kier alpha value is -0.990. The zero-order valence-electron chi connectivity index (χ0n) is 6.05. The fraction of sp³-hybridized carbons (Fsp3) is 0.571. The van der Waals surface area contributed by atoms with Crippen LogP contribution < -0.4 is 0 Å². The molecule has 3 nitrogen and oxygen atoms in total. The van der Waals surface area contributed by atoms with Crippen LogP contribution in [0.1, 0.15) is 20.3 Å². The number of ether oxygens (including phenoxy) is 1. The van der Waals surface area contributed by atoms with Gasteiger partial charge in [-0.1, -0.05) is 6.92 Å². The van der Waals surface area contributed by atoms with Crippen molar-refractivity contribution in [2.75, 3.05) is 0 Å². The lowest BCUT2D eigenvalue weighted by Crippen LogP contribution is -2.12. The predicted octanol–water partition coefficient (Wildman–Crippen LogP) is 1.15. The fourth-order valence-electron chi connectivity index (χ4n) is 0.968. The number of aliphatic hydroxyl groups is 1. The van der Waals surface area contributed by atoms with Gasteiger partial charge in [-0.25, -0.2) is 0 Å². The van der Waals surface area contributed by atoms with Gasteiger partial charge >= 0.3 is 0 Å². The van der Waals surface area contributed by atoms with Gasteiger partial charge in [-0.3, -0.25) is 4.79 Å². The second-order valence-electron chi connectivity index (χ2n) is 2.26. The molecule has 0 fully saturated rings. The molecule has 0 radical (unpaired) electrons. The highest BCUT2D eigenvalue weighted by Gasteiger charge is 2.30. The number of ketones is 1. The Kier molecular flexibility index (Phi) is 1.66. The predicted molar refractivity (Wildman–Crippen MR) is 35.5 cm³/mol. The van der Waals surface area contributed by atoms with Gasteiger partial charge in [-0.15, -0.1) is 0 Å². The van der Waals surface area contributed by atoms with Crippen molar-refractivity contribution in [3.63, 3.8) is 0 Å². The first-order valence-electron chi connectivity index (χ1n) is 3.29. The topological polar surface area (TPSA) is 46.5 Å². The van der Waals surface area contributed by atoms with Crippen molar-refractivity contribution in [2.24, 2.45) is 0 Å². The summed E-state index contributed by atoms with van der Waals surface area (Å²) in [6.07, 6.45) is 0.0459. The van der Waals surface area contributed by atoms with E-state index in [9.17, 15) is 4.79 Å². The fourth-order valence-corrected chi connectivity index (χ4v) is 0.968. The van der Waals surface area contributed by atoms with Gasteiger partial charge in [0.2, 0.25) is 5.78 Å². The standard InChI is InChI=1S/C7H10O3/c1-3-5-6(8)4(2)10-7(5)9/h4,9H,3H2,1-2H3. The molecule has 1 aliphatic heterocycles. The van der Waals surface area contributed by atoms with Crippen LogP contribution in [0.25, 0.3) is 0 Å². The Morgan fingerprint density at radius 1 is 1.70 bits per heavy atom. The maximum absolute atomic E-state index is 11.0. The van der Waals surface area contributed by atoms with Gasteiger partial charge in [0.1, 0.15) is 0 Å². The normalized spacial score (nSPS) is 25.4. The van der Waals surface area contributed by atoms with Crippen molar-refractivity contribution in [1.82, 2.24) is 0 Å². The number of carbonyl (C=O) groups excluding carboxylic acids is 1. The van der Waals surface area contributed by atoms with Crippen LogP contribution in [0.2, 0.25) is 0 Å². The van der Waals surface area contributed by atoms with E-state index in [1.54, 1.807) is 6.92 Å². The summed E-state index contributed by atoms with van der Waals surface area (Å²) in [6, 6.07) is 0. The Morgan fingerprint density at radius 2 is 2.30 bits per heavy atom. The minimum atomic E-state index is -0.491. The van der Waals surface area contributed by atoms with E-state index in [1.807, 2.05) is 6.92 Å². The molecule has 1 rings (SSSR count). The second kappa shape index (κ2) is 2.33. The van der Waals surface area contributed by atoms with Gasteiger partial charge in [0, 0.05) is 0 Å². The zero-order chi connectivity index (χ0) is 7.72. The molecule has 1 aliphatic rings. The molecule has 0 aliphatic carbocycles. The van der Waals surface area contributed by atoms with E-state index >= 15 is 0 Å². The highest BCUT2D eigenvalue weighted by molar-refractivity contribution is 6.00. The van der Waals surface area contributed by atoms with Crippen LogP contribution in [0.15, 0.2) is 11.5 Å². The van der Waals surface area contributed by atoms with Crippen molar-refractivity contribution < 1.29 is 14.6 Å². The van der Waals surface area contributed by atoms with Gasteiger partial charge in [-0.2, -0.15) is 0 Å². The van der Waals surface area contributed by atoms with Crippen molar-refractivity contribution in [3.05, 3.63) is 11.5 Å².